The maximum atomic E-state index is 4.76. The number of piperazine rings is 1. The Morgan fingerprint density at radius 1 is 0.893 bits per heavy atom. The molecule has 3 aromatic rings. The summed E-state index contributed by atoms with van der Waals surface area (Å²) in [6.07, 6.45) is 2.82. The molecule has 1 fully saturated rings. The Morgan fingerprint density at radius 2 is 1.64 bits per heavy atom. The van der Waals surface area contributed by atoms with Crippen molar-refractivity contribution in [2.24, 2.45) is 0 Å². The van der Waals surface area contributed by atoms with Crippen LogP contribution in [0.1, 0.15) is 18.1 Å². The Balaban J connectivity index is 1.38. The number of aromatic nitrogens is 2. The largest absolute Gasteiger partial charge is 0.354 e. The summed E-state index contributed by atoms with van der Waals surface area (Å²) in [6.45, 7) is 7.22. The smallest absolute Gasteiger partial charge is 0.229 e. The highest BCUT2D eigenvalue weighted by Gasteiger charge is 2.18. The Labute approximate surface area is 167 Å². The summed E-state index contributed by atoms with van der Waals surface area (Å²) in [6, 6.07) is 21.0. The van der Waals surface area contributed by atoms with E-state index >= 15 is 0 Å². The molecule has 0 spiro atoms. The Kier molecular flexibility index (Phi) is 5.83. The van der Waals surface area contributed by atoms with Gasteiger partial charge in [-0.05, 0) is 29.7 Å². The zero-order chi connectivity index (χ0) is 19.2. The molecule has 0 amide bonds. The summed E-state index contributed by atoms with van der Waals surface area (Å²) in [4.78, 5) is 14.0. The van der Waals surface area contributed by atoms with Crippen molar-refractivity contribution in [3.8, 4) is 0 Å². The lowest BCUT2D eigenvalue weighted by Crippen LogP contribution is -2.46. The third-order valence-corrected chi connectivity index (χ3v) is 5.23. The van der Waals surface area contributed by atoms with E-state index in [-0.39, 0.29) is 0 Å². The number of hydrogen-bond acceptors (Lipinski definition) is 5. The minimum Gasteiger partial charge on any atom is -0.354 e. The average molecular weight is 374 g/mol. The molecule has 0 bridgehead atoms. The van der Waals surface area contributed by atoms with Crippen LogP contribution >= 0.6 is 0 Å². The van der Waals surface area contributed by atoms with Crippen LogP contribution in [0.2, 0.25) is 0 Å². The van der Waals surface area contributed by atoms with E-state index in [0.29, 0.717) is 5.95 Å². The van der Waals surface area contributed by atoms with Crippen LogP contribution in [-0.4, -0.2) is 41.0 Å². The number of rotatable bonds is 6. The van der Waals surface area contributed by atoms with Gasteiger partial charge in [0.25, 0.3) is 0 Å². The predicted molar refractivity (Wildman–Crippen MR) is 115 cm³/mol. The normalized spacial score (nSPS) is 14.8. The van der Waals surface area contributed by atoms with Crippen molar-refractivity contribution in [3.63, 3.8) is 0 Å². The molecule has 0 aliphatic carbocycles. The Morgan fingerprint density at radius 3 is 2.43 bits per heavy atom. The van der Waals surface area contributed by atoms with Crippen LogP contribution in [0.25, 0.3) is 0 Å². The fourth-order valence-electron chi connectivity index (χ4n) is 3.63. The van der Waals surface area contributed by atoms with Gasteiger partial charge in [0.05, 0.1) is 0 Å². The third kappa shape index (κ3) is 4.49. The van der Waals surface area contributed by atoms with Crippen molar-refractivity contribution in [3.05, 3.63) is 78.0 Å². The van der Waals surface area contributed by atoms with E-state index in [2.05, 4.69) is 75.6 Å². The van der Waals surface area contributed by atoms with Crippen molar-refractivity contribution < 1.29 is 0 Å². The number of aryl methyl sites for hydroxylation is 1. The predicted octanol–water partition coefficient (Wildman–Crippen LogP) is 4.10. The van der Waals surface area contributed by atoms with Gasteiger partial charge >= 0.3 is 0 Å². The molecular weight excluding hydrogens is 346 g/mol. The molecule has 1 aliphatic heterocycles. The van der Waals surface area contributed by atoms with E-state index in [0.717, 1.165) is 50.6 Å². The van der Waals surface area contributed by atoms with Crippen molar-refractivity contribution in [2.75, 3.05) is 36.4 Å². The monoisotopic (exact) mass is 373 g/mol. The average Bonchev–Trinajstić information content (AvgIpc) is 2.76. The molecule has 1 aromatic heterocycles. The second kappa shape index (κ2) is 8.85. The van der Waals surface area contributed by atoms with Gasteiger partial charge in [-0.3, -0.25) is 4.90 Å². The molecule has 4 rings (SSSR count). The van der Waals surface area contributed by atoms with Crippen LogP contribution in [-0.2, 0) is 13.0 Å². The summed E-state index contributed by atoms with van der Waals surface area (Å²) in [7, 11) is 0. The van der Waals surface area contributed by atoms with E-state index < -0.39 is 0 Å². The first-order valence-corrected chi connectivity index (χ1v) is 10.0. The van der Waals surface area contributed by atoms with Gasteiger partial charge in [-0.25, -0.2) is 4.98 Å². The molecule has 0 unspecified atom stereocenters. The number of hydrogen-bond donors (Lipinski definition) is 1. The molecule has 1 saturated heterocycles. The lowest BCUT2D eigenvalue weighted by Gasteiger charge is -2.35. The molecular formula is C23H27N5. The topological polar surface area (TPSA) is 44.3 Å². The summed E-state index contributed by atoms with van der Waals surface area (Å²) >= 11 is 0. The van der Waals surface area contributed by atoms with E-state index in [1.807, 2.05) is 18.3 Å². The summed E-state index contributed by atoms with van der Waals surface area (Å²) < 4.78 is 0. The van der Waals surface area contributed by atoms with Crippen LogP contribution in [0.15, 0.2) is 66.9 Å². The van der Waals surface area contributed by atoms with E-state index in [1.165, 1.54) is 11.1 Å². The van der Waals surface area contributed by atoms with Crippen molar-refractivity contribution in [1.29, 1.82) is 0 Å². The highest BCUT2D eigenvalue weighted by atomic mass is 15.3. The van der Waals surface area contributed by atoms with E-state index in [4.69, 9.17) is 4.98 Å². The van der Waals surface area contributed by atoms with E-state index in [1.54, 1.807) is 0 Å². The molecule has 0 saturated carbocycles. The fourth-order valence-corrected chi connectivity index (χ4v) is 3.63. The third-order valence-electron chi connectivity index (χ3n) is 5.23. The number of benzene rings is 2. The first-order chi connectivity index (χ1) is 13.8. The molecule has 0 radical (unpaired) electrons. The van der Waals surface area contributed by atoms with E-state index in [9.17, 15) is 0 Å². The lowest BCUT2D eigenvalue weighted by atomic mass is 10.1. The maximum Gasteiger partial charge on any atom is 0.229 e. The van der Waals surface area contributed by atoms with Gasteiger partial charge in [-0.2, -0.15) is 4.98 Å². The van der Waals surface area contributed by atoms with Crippen LogP contribution < -0.4 is 10.2 Å². The van der Waals surface area contributed by atoms with Gasteiger partial charge < -0.3 is 10.2 Å². The van der Waals surface area contributed by atoms with Crippen molar-refractivity contribution in [2.45, 2.75) is 19.9 Å². The Bertz CT molecular complexity index is 888. The van der Waals surface area contributed by atoms with Gasteiger partial charge in [-0.1, -0.05) is 55.5 Å². The van der Waals surface area contributed by atoms with Gasteiger partial charge in [-0.15, -0.1) is 0 Å². The Hall–Kier alpha value is -2.92. The minimum absolute atomic E-state index is 0.658. The SMILES string of the molecule is CCc1ccccc1Nc1nccc(N2CCN(Cc3ccccc3)CC2)n1. The number of nitrogens with zero attached hydrogens (tertiary/aromatic N) is 4. The molecule has 0 atom stereocenters. The second-order valence-electron chi connectivity index (χ2n) is 7.12. The lowest BCUT2D eigenvalue weighted by molar-refractivity contribution is 0.249. The van der Waals surface area contributed by atoms with Gasteiger partial charge in [0.2, 0.25) is 5.95 Å². The molecule has 2 heterocycles. The fraction of sp³-hybridized carbons (Fsp3) is 0.304. The summed E-state index contributed by atoms with van der Waals surface area (Å²) in [5.74, 6) is 1.65. The van der Waals surface area contributed by atoms with Gasteiger partial charge in [0, 0.05) is 44.6 Å². The molecule has 5 heteroatoms. The molecule has 144 valence electrons. The molecule has 2 aromatic carbocycles. The maximum absolute atomic E-state index is 4.76. The summed E-state index contributed by atoms with van der Waals surface area (Å²) in [5.41, 5.74) is 3.72. The van der Waals surface area contributed by atoms with Crippen molar-refractivity contribution >= 4 is 17.5 Å². The van der Waals surface area contributed by atoms with Gasteiger partial charge in [0.1, 0.15) is 5.82 Å². The highest BCUT2D eigenvalue weighted by Crippen LogP contribution is 2.21. The second-order valence-corrected chi connectivity index (χ2v) is 7.12. The van der Waals surface area contributed by atoms with Crippen LogP contribution in [0.3, 0.4) is 0 Å². The molecule has 1 aliphatic rings. The van der Waals surface area contributed by atoms with Crippen LogP contribution in [0.5, 0.6) is 0 Å². The van der Waals surface area contributed by atoms with Gasteiger partial charge in [0.15, 0.2) is 0 Å². The standard InChI is InChI=1S/C23H27N5/c1-2-20-10-6-7-11-21(20)25-23-24-13-12-22(26-23)28-16-14-27(15-17-28)18-19-8-4-3-5-9-19/h3-13H,2,14-18H2,1H3,(H,24,25,26). The highest BCUT2D eigenvalue weighted by molar-refractivity contribution is 5.59. The summed E-state index contributed by atoms with van der Waals surface area (Å²) in [5, 5.41) is 3.39. The molecule has 5 nitrogen and oxygen atoms in total. The number of para-hydroxylation sites is 1. The zero-order valence-electron chi connectivity index (χ0n) is 16.4. The van der Waals surface area contributed by atoms with Crippen LogP contribution in [0, 0.1) is 0 Å². The zero-order valence-corrected chi connectivity index (χ0v) is 16.4. The molecule has 1 N–H and O–H groups in total. The first kappa shape index (κ1) is 18.4. The van der Waals surface area contributed by atoms with Crippen LogP contribution in [0.4, 0.5) is 17.5 Å². The number of anilines is 3. The quantitative estimate of drug-likeness (QED) is 0.705. The minimum atomic E-state index is 0.658. The first-order valence-electron chi connectivity index (χ1n) is 10.0. The van der Waals surface area contributed by atoms with Crippen molar-refractivity contribution in [1.82, 2.24) is 14.9 Å². The number of nitrogens with one attached hydrogen (secondary N) is 1. The molecule has 28 heavy (non-hydrogen) atoms.